The predicted octanol–water partition coefficient (Wildman–Crippen LogP) is 5.19. The largest absolute Gasteiger partial charge is 0.297 e. The third-order valence-electron chi connectivity index (χ3n) is 4.91. The summed E-state index contributed by atoms with van der Waals surface area (Å²) in [6.07, 6.45) is 5.68. The zero-order valence-electron chi connectivity index (χ0n) is 17.1. The van der Waals surface area contributed by atoms with Gasteiger partial charge in [0.1, 0.15) is 11.5 Å². The number of benzene rings is 1. The van der Waals surface area contributed by atoms with E-state index in [1.807, 2.05) is 19.9 Å². The summed E-state index contributed by atoms with van der Waals surface area (Å²) in [7, 11) is -3.93. The van der Waals surface area contributed by atoms with Gasteiger partial charge in [0.05, 0.1) is 0 Å². The molecule has 0 saturated heterocycles. The number of hydrogen-bond acceptors (Lipinski definition) is 4. The van der Waals surface area contributed by atoms with Crippen LogP contribution in [0.15, 0.2) is 11.0 Å². The van der Waals surface area contributed by atoms with Crippen molar-refractivity contribution in [3.63, 3.8) is 0 Å². The molecule has 0 bridgehead atoms. The molecule has 0 aliphatic heterocycles. The van der Waals surface area contributed by atoms with E-state index < -0.39 is 10.1 Å². The minimum absolute atomic E-state index is 0.155. The van der Waals surface area contributed by atoms with E-state index in [4.69, 9.17) is 4.18 Å². The van der Waals surface area contributed by atoms with Crippen molar-refractivity contribution >= 4 is 15.9 Å². The molecule has 0 unspecified atom stereocenters. The number of unbranched alkanes of at least 4 members (excludes halogenated alkanes) is 3. The predicted molar refractivity (Wildman–Crippen MR) is 106 cm³/mol. The Morgan fingerprint density at radius 2 is 1.50 bits per heavy atom. The Morgan fingerprint density at radius 1 is 0.962 bits per heavy atom. The van der Waals surface area contributed by atoms with Gasteiger partial charge in [-0.3, -0.25) is 8.98 Å². The van der Waals surface area contributed by atoms with Crippen LogP contribution >= 0.6 is 0 Å². The maximum absolute atomic E-state index is 12.6. The van der Waals surface area contributed by atoms with Crippen LogP contribution in [0.1, 0.15) is 74.6 Å². The molecule has 0 N–H and O–H groups in total. The molecule has 0 aliphatic carbocycles. The number of carbonyl (C=O) groups is 1. The Kier molecular flexibility index (Phi) is 8.97. The monoisotopic (exact) mass is 382 g/mol. The Labute approximate surface area is 159 Å². The van der Waals surface area contributed by atoms with Crippen molar-refractivity contribution in [2.24, 2.45) is 5.92 Å². The summed E-state index contributed by atoms with van der Waals surface area (Å²) in [4.78, 5) is 12.2. The molecule has 0 aromatic heterocycles. The molecular formula is C21H34O4S. The standard InChI is InChI=1S/C21H34O4S/c1-15(2)11-9-7-8-10-12-20(22)14-25-26(23,24)21-18(5)16(3)13-17(4)19(21)6/h13,15H,7-12,14H2,1-6H3. The molecule has 1 aromatic rings. The van der Waals surface area contributed by atoms with Crippen molar-refractivity contribution in [1.82, 2.24) is 0 Å². The van der Waals surface area contributed by atoms with Crippen LogP contribution in [0.2, 0.25) is 0 Å². The van der Waals surface area contributed by atoms with Gasteiger partial charge in [0.2, 0.25) is 0 Å². The zero-order valence-corrected chi connectivity index (χ0v) is 18.0. The van der Waals surface area contributed by atoms with Crippen LogP contribution in [0.3, 0.4) is 0 Å². The molecule has 4 nitrogen and oxygen atoms in total. The summed E-state index contributed by atoms with van der Waals surface area (Å²) < 4.78 is 30.3. The lowest BCUT2D eigenvalue weighted by molar-refractivity contribution is -0.121. The highest BCUT2D eigenvalue weighted by Gasteiger charge is 2.24. The molecule has 5 heteroatoms. The first-order chi connectivity index (χ1) is 12.1. The second kappa shape index (κ2) is 10.2. The second-order valence-electron chi connectivity index (χ2n) is 7.69. The second-order valence-corrected chi connectivity index (χ2v) is 9.24. The van der Waals surface area contributed by atoms with Gasteiger partial charge in [-0.15, -0.1) is 0 Å². The molecule has 0 heterocycles. The molecule has 0 amide bonds. The van der Waals surface area contributed by atoms with Crippen molar-refractivity contribution in [1.29, 1.82) is 0 Å². The molecule has 0 saturated carbocycles. The average molecular weight is 383 g/mol. The van der Waals surface area contributed by atoms with E-state index in [2.05, 4.69) is 13.8 Å². The van der Waals surface area contributed by atoms with Crippen molar-refractivity contribution in [3.05, 3.63) is 28.3 Å². The van der Waals surface area contributed by atoms with Crippen LogP contribution < -0.4 is 0 Å². The third kappa shape index (κ3) is 6.84. The Bertz CT molecular complexity index is 692. The average Bonchev–Trinajstić information content (AvgIpc) is 2.54. The molecule has 0 spiro atoms. The van der Waals surface area contributed by atoms with Gasteiger partial charge < -0.3 is 0 Å². The normalized spacial score (nSPS) is 12.0. The van der Waals surface area contributed by atoms with Crippen molar-refractivity contribution in [3.8, 4) is 0 Å². The summed E-state index contributed by atoms with van der Waals surface area (Å²) in [5.41, 5.74) is 3.18. The summed E-state index contributed by atoms with van der Waals surface area (Å²) in [6, 6.07) is 1.97. The van der Waals surface area contributed by atoms with Crippen LogP contribution in [0.25, 0.3) is 0 Å². The quantitative estimate of drug-likeness (QED) is 0.390. The SMILES string of the molecule is Cc1cc(C)c(C)c(S(=O)(=O)OCC(=O)CCCCCCC(C)C)c1C. The maximum Gasteiger partial charge on any atom is 0.297 e. The maximum atomic E-state index is 12.6. The number of hydrogen-bond donors (Lipinski definition) is 0. The lowest BCUT2D eigenvalue weighted by Crippen LogP contribution is -2.17. The number of Topliss-reactive ketones (excluding diaryl/α,β-unsaturated/α-hetero) is 1. The smallest absolute Gasteiger partial charge is 0.297 e. The minimum Gasteiger partial charge on any atom is -0.297 e. The van der Waals surface area contributed by atoms with Gasteiger partial charge in [0.25, 0.3) is 10.1 Å². The fourth-order valence-corrected chi connectivity index (χ4v) is 4.53. The summed E-state index contributed by atoms with van der Waals surface area (Å²) in [5.74, 6) is 0.560. The first-order valence-corrected chi connectivity index (χ1v) is 11.0. The molecule has 0 aliphatic rings. The Hall–Kier alpha value is -1.20. The van der Waals surface area contributed by atoms with Crippen molar-refractivity contribution < 1.29 is 17.4 Å². The molecule has 1 rings (SSSR count). The van der Waals surface area contributed by atoms with Gasteiger partial charge in [-0.1, -0.05) is 45.6 Å². The Morgan fingerprint density at radius 3 is 2.04 bits per heavy atom. The topological polar surface area (TPSA) is 60.4 Å². The first kappa shape index (κ1) is 22.8. The van der Waals surface area contributed by atoms with E-state index in [0.29, 0.717) is 23.5 Å². The van der Waals surface area contributed by atoms with Crippen LogP contribution in [0, 0.1) is 33.6 Å². The molecule has 1 aromatic carbocycles. The van der Waals surface area contributed by atoms with Gasteiger partial charge in [-0.2, -0.15) is 8.42 Å². The highest BCUT2D eigenvalue weighted by Crippen LogP contribution is 2.27. The number of aryl methyl sites for hydroxylation is 2. The Balaban J connectivity index is 2.55. The van der Waals surface area contributed by atoms with Crippen molar-refractivity contribution in [2.75, 3.05) is 6.61 Å². The first-order valence-electron chi connectivity index (χ1n) is 9.54. The third-order valence-corrected chi connectivity index (χ3v) is 6.45. The fourth-order valence-electron chi connectivity index (χ4n) is 3.06. The van der Waals surface area contributed by atoms with E-state index in [9.17, 15) is 13.2 Å². The van der Waals surface area contributed by atoms with Crippen molar-refractivity contribution in [2.45, 2.75) is 85.0 Å². The lowest BCUT2D eigenvalue weighted by Gasteiger charge is -2.15. The lowest BCUT2D eigenvalue weighted by atomic mass is 10.0. The summed E-state index contributed by atoms with van der Waals surface area (Å²) in [6.45, 7) is 11.4. The van der Waals surface area contributed by atoms with E-state index in [1.54, 1.807) is 13.8 Å². The van der Waals surface area contributed by atoms with Crippen LogP contribution in [-0.2, 0) is 19.1 Å². The summed E-state index contributed by atoms with van der Waals surface area (Å²) >= 11 is 0. The molecule has 26 heavy (non-hydrogen) atoms. The molecular weight excluding hydrogens is 348 g/mol. The summed E-state index contributed by atoms with van der Waals surface area (Å²) in [5, 5.41) is 0. The van der Waals surface area contributed by atoms with Crippen LogP contribution in [0.4, 0.5) is 0 Å². The highest BCUT2D eigenvalue weighted by atomic mass is 32.2. The number of carbonyl (C=O) groups excluding carboxylic acids is 1. The van der Waals surface area contributed by atoms with Crippen LogP contribution in [-0.4, -0.2) is 20.8 Å². The number of ketones is 1. The minimum atomic E-state index is -3.93. The van der Waals surface area contributed by atoms with Gasteiger partial charge in [-0.05, 0) is 62.3 Å². The van der Waals surface area contributed by atoms with Crippen LogP contribution in [0.5, 0.6) is 0 Å². The van der Waals surface area contributed by atoms with Gasteiger partial charge in [0.15, 0.2) is 5.78 Å². The number of rotatable bonds is 11. The van der Waals surface area contributed by atoms with Gasteiger partial charge in [0, 0.05) is 6.42 Å². The van der Waals surface area contributed by atoms with E-state index >= 15 is 0 Å². The van der Waals surface area contributed by atoms with Gasteiger partial charge in [-0.25, -0.2) is 0 Å². The molecule has 148 valence electrons. The fraction of sp³-hybridized carbons (Fsp3) is 0.667. The van der Waals surface area contributed by atoms with E-state index in [1.165, 1.54) is 12.8 Å². The van der Waals surface area contributed by atoms with Gasteiger partial charge >= 0.3 is 0 Å². The molecule has 0 fully saturated rings. The molecule has 0 radical (unpaired) electrons. The van der Waals surface area contributed by atoms with E-state index in [0.717, 1.165) is 30.4 Å². The zero-order chi connectivity index (χ0) is 19.9. The highest BCUT2D eigenvalue weighted by molar-refractivity contribution is 7.86. The molecule has 0 atom stereocenters. The van der Waals surface area contributed by atoms with E-state index in [-0.39, 0.29) is 17.3 Å².